The van der Waals surface area contributed by atoms with Crippen LogP contribution < -0.4 is 5.32 Å². The zero-order valence-corrected chi connectivity index (χ0v) is 16.8. The Bertz CT molecular complexity index is 961. The summed E-state index contributed by atoms with van der Waals surface area (Å²) >= 11 is 6.16. The number of amides is 1. The lowest BCUT2D eigenvalue weighted by Gasteiger charge is -2.27. The predicted octanol–water partition coefficient (Wildman–Crippen LogP) is 3.26. The molecule has 0 atom stereocenters. The van der Waals surface area contributed by atoms with Crippen LogP contribution in [0.25, 0.3) is 0 Å². The van der Waals surface area contributed by atoms with E-state index in [1.807, 2.05) is 38.1 Å². The van der Waals surface area contributed by atoms with E-state index in [1.165, 1.54) is 0 Å². The molecular weight excluding hydrogens is 384 g/mol. The number of benzene rings is 2. The van der Waals surface area contributed by atoms with Crippen molar-refractivity contribution in [2.24, 2.45) is 0 Å². The Morgan fingerprint density at radius 2 is 1.78 bits per heavy atom. The number of nitriles is 1. The number of carbonyl (C=O) groups excluding carboxylic acids is 1. The molecule has 0 heterocycles. The van der Waals surface area contributed by atoms with E-state index in [9.17, 15) is 13.2 Å². The molecule has 0 saturated heterocycles. The molecule has 0 aliphatic carbocycles. The Labute approximate surface area is 164 Å². The molecule has 0 aliphatic heterocycles. The first-order valence-corrected chi connectivity index (χ1v) is 10.5. The lowest BCUT2D eigenvalue weighted by atomic mass is 9.95. The summed E-state index contributed by atoms with van der Waals surface area (Å²) in [7, 11) is -3.63. The van der Waals surface area contributed by atoms with E-state index in [0.717, 1.165) is 5.56 Å². The predicted molar refractivity (Wildman–Crippen MR) is 106 cm³/mol. The molecule has 7 heteroatoms. The Kier molecular flexibility index (Phi) is 6.63. The Balaban J connectivity index is 1.98. The highest BCUT2D eigenvalue weighted by Gasteiger charge is 2.25. The highest BCUT2D eigenvalue weighted by Crippen LogP contribution is 2.21. The highest BCUT2D eigenvalue weighted by molar-refractivity contribution is 7.91. The van der Waals surface area contributed by atoms with Crippen LogP contribution in [0.1, 0.15) is 30.5 Å². The molecule has 0 aromatic heterocycles. The molecular formula is C20H21ClN2O3S. The van der Waals surface area contributed by atoms with Gasteiger partial charge in [-0.3, -0.25) is 4.79 Å². The van der Waals surface area contributed by atoms with Gasteiger partial charge in [-0.15, -0.1) is 0 Å². The summed E-state index contributed by atoms with van der Waals surface area (Å²) in [6.45, 7) is 3.64. The van der Waals surface area contributed by atoms with Gasteiger partial charge in [-0.2, -0.15) is 5.26 Å². The smallest absolute Gasteiger partial charge is 0.235 e. The molecule has 0 fully saturated rings. The number of nitrogens with one attached hydrogen (secondary N) is 1. The Morgan fingerprint density at radius 3 is 2.37 bits per heavy atom. The summed E-state index contributed by atoms with van der Waals surface area (Å²) in [5, 5.41) is 12.2. The fourth-order valence-corrected chi connectivity index (χ4v) is 4.23. The third-order valence-corrected chi connectivity index (χ3v) is 5.73. The third-order valence-electron chi connectivity index (χ3n) is 3.89. The summed E-state index contributed by atoms with van der Waals surface area (Å²) in [6, 6.07) is 15.6. The molecule has 0 bridgehead atoms. The standard InChI is InChI=1S/C20H21ClN2O3S/c1-20(2,11-17-5-3-4-6-18(17)21)23-19(24)14-27(25,26)13-16-9-7-15(12-22)8-10-16/h3-10H,11,13-14H2,1-2H3,(H,23,24). The number of nitrogens with zero attached hydrogens (tertiary/aromatic N) is 1. The van der Waals surface area contributed by atoms with Gasteiger partial charge in [-0.1, -0.05) is 41.9 Å². The molecule has 1 amide bonds. The number of halogens is 1. The molecule has 0 saturated carbocycles. The largest absolute Gasteiger partial charge is 0.350 e. The zero-order valence-electron chi connectivity index (χ0n) is 15.2. The van der Waals surface area contributed by atoms with Crippen molar-refractivity contribution >= 4 is 27.3 Å². The average molecular weight is 405 g/mol. The minimum atomic E-state index is -3.63. The lowest BCUT2D eigenvalue weighted by Crippen LogP contribution is -2.47. The molecule has 0 spiro atoms. The number of hydrogen-bond acceptors (Lipinski definition) is 4. The first kappa shape index (κ1) is 20.9. The van der Waals surface area contributed by atoms with Crippen LogP contribution in [0.4, 0.5) is 0 Å². The monoisotopic (exact) mass is 404 g/mol. The van der Waals surface area contributed by atoms with Crippen molar-refractivity contribution in [3.8, 4) is 6.07 Å². The van der Waals surface area contributed by atoms with Gasteiger partial charge in [0, 0.05) is 10.6 Å². The van der Waals surface area contributed by atoms with Crippen molar-refractivity contribution in [3.05, 3.63) is 70.2 Å². The Hall–Kier alpha value is -2.36. The minimum Gasteiger partial charge on any atom is -0.350 e. The molecule has 0 aliphatic rings. The van der Waals surface area contributed by atoms with Gasteiger partial charge in [-0.05, 0) is 49.6 Å². The summed E-state index contributed by atoms with van der Waals surface area (Å²) in [5.74, 6) is -1.41. The molecule has 5 nitrogen and oxygen atoms in total. The van der Waals surface area contributed by atoms with E-state index in [0.29, 0.717) is 22.6 Å². The third kappa shape index (κ3) is 6.70. The molecule has 0 unspecified atom stereocenters. The topological polar surface area (TPSA) is 87.0 Å². The van der Waals surface area contributed by atoms with Gasteiger partial charge in [0.05, 0.1) is 17.4 Å². The van der Waals surface area contributed by atoms with Crippen molar-refractivity contribution in [1.82, 2.24) is 5.32 Å². The van der Waals surface area contributed by atoms with Crippen LogP contribution in [0.2, 0.25) is 5.02 Å². The molecule has 0 radical (unpaired) electrons. The molecule has 142 valence electrons. The zero-order chi connectivity index (χ0) is 20.1. The van der Waals surface area contributed by atoms with E-state index in [-0.39, 0.29) is 5.75 Å². The van der Waals surface area contributed by atoms with Crippen LogP contribution in [0.3, 0.4) is 0 Å². The highest BCUT2D eigenvalue weighted by atomic mass is 35.5. The number of carbonyl (C=O) groups is 1. The Morgan fingerprint density at radius 1 is 1.15 bits per heavy atom. The van der Waals surface area contributed by atoms with Gasteiger partial charge in [0.15, 0.2) is 9.84 Å². The van der Waals surface area contributed by atoms with E-state index in [2.05, 4.69) is 5.32 Å². The van der Waals surface area contributed by atoms with E-state index in [4.69, 9.17) is 16.9 Å². The molecule has 2 rings (SSSR count). The summed E-state index contributed by atoms with van der Waals surface area (Å²) in [6.07, 6.45) is 0.480. The van der Waals surface area contributed by atoms with Gasteiger partial charge in [0.25, 0.3) is 0 Å². The van der Waals surface area contributed by atoms with Crippen molar-refractivity contribution in [2.45, 2.75) is 31.6 Å². The molecule has 2 aromatic carbocycles. The maximum absolute atomic E-state index is 12.3. The first-order chi connectivity index (χ1) is 12.6. The maximum Gasteiger partial charge on any atom is 0.235 e. The van der Waals surface area contributed by atoms with Crippen LogP contribution >= 0.6 is 11.6 Å². The van der Waals surface area contributed by atoms with Crippen LogP contribution in [-0.4, -0.2) is 25.6 Å². The van der Waals surface area contributed by atoms with E-state index >= 15 is 0 Å². The second-order valence-electron chi connectivity index (χ2n) is 7.04. The van der Waals surface area contributed by atoms with Gasteiger partial charge >= 0.3 is 0 Å². The lowest BCUT2D eigenvalue weighted by molar-refractivity contribution is -0.120. The SMILES string of the molecule is CC(C)(Cc1ccccc1Cl)NC(=O)CS(=O)(=O)Cc1ccc(C#N)cc1. The van der Waals surface area contributed by atoms with Crippen LogP contribution in [0.5, 0.6) is 0 Å². The van der Waals surface area contributed by atoms with Crippen LogP contribution in [-0.2, 0) is 26.8 Å². The average Bonchev–Trinajstić information content (AvgIpc) is 2.56. The summed E-state index contributed by atoms with van der Waals surface area (Å²) in [4.78, 5) is 12.3. The second kappa shape index (κ2) is 8.55. The minimum absolute atomic E-state index is 0.253. The summed E-state index contributed by atoms with van der Waals surface area (Å²) in [5.41, 5.74) is 1.23. The fourth-order valence-electron chi connectivity index (χ4n) is 2.76. The van der Waals surface area contributed by atoms with Crippen molar-refractivity contribution in [1.29, 1.82) is 5.26 Å². The van der Waals surface area contributed by atoms with Gasteiger partial charge in [-0.25, -0.2) is 8.42 Å². The van der Waals surface area contributed by atoms with E-state index in [1.54, 1.807) is 30.3 Å². The van der Waals surface area contributed by atoms with E-state index < -0.39 is 27.0 Å². The van der Waals surface area contributed by atoms with Crippen LogP contribution in [0, 0.1) is 11.3 Å². The molecule has 27 heavy (non-hydrogen) atoms. The van der Waals surface area contributed by atoms with Crippen molar-refractivity contribution in [3.63, 3.8) is 0 Å². The number of hydrogen-bond donors (Lipinski definition) is 1. The first-order valence-electron chi connectivity index (χ1n) is 8.34. The second-order valence-corrected chi connectivity index (χ2v) is 9.51. The molecule has 2 aromatic rings. The van der Waals surface area contributed by atoms with Crippen molar-refractivity contribution in [2.75, 3.05) is 5.75 Å². The summed E-state index contributed by atoms with van der Waals surface area (Å²) < 4.78 is 24.6. The number of sulfone groups is 1. The van der Waals surface area contributed by atoms with Gasteiger partial charge in [0.2, 0.25) is 5.91 Å². The van der Waals surface area contributed by atoms with Gasteiger partial charge in [0.1, 0.15) is 5.75 Å². The van der Waals surface area contributed by atoms with Crippen molar-refractivity contribution < 1.29 is 13.2 Å². The fraction of sp³-hybridized carbons (Fsp3) is 0.300. The number of rotatable bonds is 7. The quantitative estimate of drug-likeness (QED) is 0.767. The maximum atomic E-state index is 12.3. The van der Waals surface area contributed by atoms with Crippen LogP contribution in [0.15, 0.2) is 48.5 Å². The molecule has 1 N–H and O–H groups in total. The normalized spacial score (nSPS) is 11.6. The van der Waals surface area contributed by atoms with Gasteiger partial charge < -0.3 is 5.32 Å².